The smallest absolute Gasteiger partial charge is 0.136 e. The van der Waals surface area contributed by atoms with Crippen molar-refractivity contribution in [1.29, 1.82) is 0 Å². The van der Waals surface area contributed by atoms with Crippen molar-refractivity contribution in [3.05, 3.63) is 0 Å². The maximum Gasteiger partial charge on any atom is 0.136 e. The molecule has 4 saturated heterocycles. The summed E-state index contributed by atoms with van der Waals surface area (Å²) in [6.07, 6.45) is 2.23. The minimum absolute atomic E-state index is 0.0528. The lowest BCUT2D eigenvalue weighted by Gasteiger charge is -2.76. The fraction of sp³-hybridized carbons (Fsp3) is 1.00. The second kappa shape index (κ2) is 6.51. The van der Waals surface area contributed by atoms with E-state index in [9.17, 15) is 10.2 Å². The van der Waals surface area contributed by atoms with Gasteiger partial charge in [0.05, 0.1) is 37.1 Å². The lowest BCUT2D eigenvalue weighted by molar-refractivity contribution is -0.411. The quantitative estimate of drug-likeness (QED) is 0.591. The average Bonchev–Trinajstić information content (AvgIpc) is 3.19. The van der Waals surface area contributed by atoms with Crippen LogP contribution in [0.3, 0.4) is 0 Å². The highest BCUT2D eigenvalue weighted by Gasteiger charge is 2.94. The summed E-state index contributed by atoms with van der Waals surface area (Å²) in [5, 5.41) is 24.9. The van der Waals surface area contributed by atoms with E-state index < -0.39 is 23.4 Å². The van der Waals surface area contributed by atoms with Crippen LogP contribution in [0.15, 0.2) is 0 Å². The van der Waals surface area contributed by atoms with Crippen molar-refractivity contribution in [1.82, 2.24) is 4.90 Å². The Bertz CT molecular complexity index is 855. The molecule has 33 heavy (non-hydrogen) atoms. The number of rotatable bonds is 6. The molecule has 0 aromatic carbocycles. The zero-order chi connectivity index (χ0) is 23.1. The zero-order valence-corrected chi connectivity index (χ0v) is 20.4. The first-order valence-corrected chi connectivity index (χ1v) is 12.8. The third-order valence-electron chi connectivity index (χ3n) is 11.9. The van der Waals surface area contributed by atoms with Gasteiger partial charge in [0.15, 0.2) is 0 Å². The van der Waals surface area contributed by atoms with Crippen molar-refractivity contribution >= 4 is 0 Å². The van der Waals surface area contributed by atoms with Crippen molar-refractivity contribution in [3.63, 3.8) is 0 Å². The highest BCUT2D eigenvalue weighted by molar-refractivity contribution is 5.43. The molecule has 0 radical (unpaired) electrons. The van der Waals surface area contributed by atoms with Crippen LogP contribution in [0.4, 0.5) is 0 Å². The topological polar surface area (TPSA) is 89.9 Å². The van der Waals surface area contributed by atoms with E-state index in [0.29, 0.717) is 13.0 Å². The van der Waals surface area contributed by atoms with Crippen molar-refractivity contribution in [2.75, 3.05) is 41.6 Å². The van der Waals surface area contributed by atoms with Crippen molar-refractivity contribution in [2.45, 2.75) is 80.5 Å². The van der Waals surface area contributed by atoms with Crippen molar-refractivity contribution in [2.24, 2.45) is 34.5 Å². The van der Waals surface area contributed by atoms with Crippen LogP contribution in [0, 0.1) is 34.5 Å². The monoisotopic (exact) mass is 465 g/mol. The predicted octanol–water partition coefficient (Wildman–Crippen LogP) is 0.635. The lowest BCUT2D eigenvalue weighted by atomic mass is 9.41. The molecule has 4 heterocycles. The van der Waals surface area contributed by atoms with Crippen LogP contribution in [-0.2, 0) is 23.7 Å². The highest BCUT2D eigenvalue weighted by Crippen LogP contribution is 2.83. The minimum atomic E-state index is -1.29. The molecule has 186 valence electrons. The summed E-state index contributed by atoms with van der Waals surface area (Å²) in [6.45, 7) is 3.52. The highest BCUT2D eigenvalue weighted by atomic mass is 16.6. The Morgan fingerprint density at radius 2 is 1.94 bits per heavy atom. The summed E-state index contributed by atoms with van der Waals surface area (Å²) < 4.78 is 31.6. The van der Waals surface area contributed by atoms with Crippen LogP contribution in [0.5, 0.6) is 0 Å². The first kappa shape index (κ1) is 21.9. The Morgan fingerprint density at radius 1 is 1.15 bits per heavy atom. The summed E-state index contributed by atoms with van der Waals surface area (Å²) in [6, 6.07) is -0.137. The number of ether oxygens (including phenoxy) is 5. The van der Waals surface area contributed by atoms with Crippen LogP contribution in [0.25, 0.3) is 0 Å². The first-order chi connectivity index (χ1) is 15.9. The molecule has 9 fully saturated rings. The molecule has 9 rings (SSSR count). The lowest BCUT2D eigenvalue weighted by Crippen LogP contribution is -2.87. The Labute approximate surface area is 195 Å². The van der Waals surface area contributed by atoms with Gasteiger partial charge in [-0.25, -0.2) is 0 Å². The van der Waals surface area contributed by atoms with Crippen LogP contribution < -0.4 is 0 Å². The van der Waals surface area contributed by atoms with Gasteiger partial charge >= 0.3 is 0 Å². The molecule has 0 aromatic heterocycles. The molecule has 9 bridgehead atoms. The van der Waals surface area contributed by atoms with Crippen LogP contribution in [0.1, 0.15) is 32.6 Å². The van der Waals surface area contributed by atoms with Gasteiger partial charge in [-0.05, 0) is 31.7 Å². The van der Waals surface area contributed by atoms with Gasteiger partial charge in [0.1, 0.15) is 17.4 Å². The van der Waals surface area contributed by atoms with Crippen LogP contribution in [-0.4, -0.2) is 105 Å². The van der Waals surface area contributed by atoms with Crippen LogP contribution in [0.2, 0.25) is 0 Å². The molecule has 0 unspecified atom stereocenters. The molecule has 2 N–H and O–H groups in total. The van der Waals surface area contributed by atoms with Gasteiger partial charge in [-0.2, -0.15) is 0 Å². The molecule has 0 aromatic rings. The van der Waals surface area contributed by atoms with E-state index in [1.165, 1.54) is 0 Å². The van der Waals surface area contributed by atoms with E-state index in [1.54, 1.807) is 28.4 Å². The van der Waals surface area contributed by atoms with Gasteiger partial charge < -0.3 is 33.9 Å². The number of aliphatic hydroxyl groups excluding tert-OH is 1. The Morgan fingerprint density at radius 3 is 2.58 bits per heavy atom. The summed E-state index contributed by atoms with van der Waals surface area (Å²) in [5.41, 5.74) is -2.78. The van der Waals surface area contributed by atoms with E-state index in [0.717, 1.165) is 25.8 Å². The fourth-order valence-electron chi connectivity index (χ4n) is 11.6. The van der Waals surface area contributed by atoms with Gasteiger partial charge in [-0.1, -0.05) is 6.92 Å². The number of hydrogen-bond acceptors (Lipinski definition) is 8. The first-order valence-electron chi connectivity index (χ1n) is 12.8. The molecule has 14 atom stereocenters. The maximum atomic E-state index is 13.2. The SMILES string of the molecule is CCN1[C@H]2O[C@@H]3CC[C@@]2(COC)[C@@H]2[C@H](OC)[C@]4(O)[C@H]1[C@]32[C@@H]1C[C@H]2[C@@H](O)[C@@H]1[C@]4(OC)C[C@@H]2OC. The van der Waals surface area contributed by atoms with Crippen LogP contribution >= 0.6 is 0 Å². The largest absolute Gasteiger partial charge is 0.392 e. The Kier molecular flexibility index (Phi) is 4.32. The van der Waals surface area contributed by atoms with E-state index >= 15 is 0 Å². The Hall–Kier alpha value is -0.320. The second-order valence-electron chi connectivity index (χ2n) is 12.0. The van der Waals surface area contributed by atoms with E-state index in [1.807, 2.05) is 0 Å². The number of fused-ring (bicyclic) bond motifs is 3. The van der Waals surface area contributed by atoms with Crippen molar-refractivity contribution < 1.29 is 33.9 Å². The van der Waals surface area contributed by atoms with Gasteiger partial charge in [0.25, 0.3) is 0 Å². The van der Waals surface area contributed by atoms with E-state index in [4.69, 9.17) is 23.7 Å². The molecule has 8 heteroatoms. The van der Waals surface area contributed by atoms with E-state index in [-0.39, 0.29) is 59.0 Å². The summed E-state index contributed by atoms with van der Waals surface area (Å²) in [5.74, 6) is 0.155. The van der Waals surface area contributed by atoms with Gasteiger partial charge in [0, 0.05) is 63.4 Å². The molecule has 1 spiro atoms. The van der Waals surface area contributed by atoms with Gasteiger partial charge in [0.2, 0.25) is 0 Å². The van der Waals surface area contributed by atoms with Gasteiger partial charge in [-0.3, -0.25) is 4.90 Å². The fourth-order valence-corrected chi connectivity index (χ4v) is 11.6. The summed E-state index contributed by atoms with van der Waals surface area (Å²) >= 11 is 0. The molecular weight excluding hydrogens is 426 g/mol. The number of piperidine rings is 1. The normalized spacial score (nSPS) is 64.1. The Balaban J connectivity index is 1.56. The zero-order valence-electron chi connectivity index (χ0n) is 20.4. The molecule has 0 amide bonds. The average molecular weight is 466 g/mol. The third-order valence-corrected chi connectivity index (χ3v) is 11.9. The molecule has 5 saturated carbocycles. The number of methoxy groups -OCH3 is 4. The third kappa shape index (κ3) is 1.85. The maximum absolute atomic E-state index is 13.2. The molecule has 8 nitrogen and oxygen atoms in total. The van der Waals surface area contributed by atoms with Gasteiger partial charge in [-0.15, -0.1) is 0 Å². The van der Waals surface area contributed by atoms with E-state index in [2.05, 4.69) is 11.8 Å². The molecule has 5 aliphatic carbocycles. The molecule has 4 aliphatic heterocycles. The second-order valence-corrected chi connectivity index (χ2v) is 12.0. The standard InChI is InChI=1S/C25H39NO7/c1-6-26-20-24-13-9-12-14(30-3)10-23(32-5,16(13)17(12)27)25(20,28)19(31-4)18(24)22(11-29-2)8-7-15(24)33-21(22)26/h12-21,27-28H,6-11H2,1-5H3/t12-,13-,14+,15-,16-,17-,18+,19+,20-,21+,22-,23-,24-,25+/m1/s1. The predicted molar refractivity (Wildman–Crippen MR) is 116 cm³/mol. The number of likely N-dealkylation sites (N-methyl/N-ethyl adjacent to an activating group) is 1. The van der Waals surface area contributed by atoms with Crippen molar-refractivity contribution in [3.8, 4) is 0 Å². The summed E-state index contributed by atoms with van der Waals surface area (Å²) in [7, 11) is 6.95. The minimum Gasteiger partial charge on any atom is -0.392 e. The molecule has 9 aliphatic rings. The number of hydrogen-bond donors (Lipinski definition) is 2. The summed E-state index contributed by atoms with van der Waals surface area (Å²) in [4.78, 5) is 2.42. The number of aliphatic hydroxyl groups is 2. The molecular formula is C25H39NO7. The number of nitrogens with zero attached hydrogens (tertiary/aromatic N) is 1.